The van der Waals surface area contributed by atoms with Crippen molar-refractivity contribution in [2.75, 3.05) is 13.2 Å². The van der Waals surface area contributed by atoms with Crippen molar-refractivity contribution in [2.45, 2.75) is 12.5 Å². The highest BCUT2D eigenvalue weighted by Gasteiger charge is 2.23. The summed E-state index contributed by atoms with van der Waals surface area (Å²) in [6, 6.07) is 16.5. The van der Waals surface area contributed by atoms with Crippen LogP contribution in [0.5, 0.6) is 5.75 Å². The molecule has 0 aromatic heterocycles. The van der Waals surface area contributed by atoms with Gasteiger partial charge in [0.15, 0.2) is 6.61 Å². The predicted octanol–water partition coefficient (Wildman–Crippen LogP) is 2.85. The molecule has 0 radical (unpaired) electrons. The van der Waals surface area contributed by atoms with Gasteiger partial charge in [-0.15, -0.1) is 0 Å². The highest BCUT2D eigenvalue weighted by Crippen LogP contribution is 2.21. The number of carbonyl (C=O) groups is 1. The van der Waals surface area contributed by atoms with Crippen LogP contribution in [0, 0.1) is 0 Å². The average molecular weight is 364 g/mol. The summed E-state index contributed by atoms with van der Waals surface area (Å²) in [6.07, 6.45) is 0. The lowest BCUT2D eigenvalue weighted by molar-refractivity contribution is -0.124. The van der Waals surface area contributed by atoms with Gasteiger partial charge in [-0.3, -0.25) is 4.79 Å². The normalized spacial score (nSPS) is 13.2. The van der Waals surface area contributed by atoms with Crippen LogP contribution < -0.4 is 10.1 Å². The van der Waals surface area contributed by atoms with Gasteiger partial charge < -0.3 is 15.2 Å². The number of carbonyl (C=O) groups excluding carboxylic acids is 1. The molecule has 22 heavy (non-hydrogen) atoms. The molecule has 0 aliphatic heterocycles. The van der Waals surface area contributed by atoms with Crippen LogP contribution in [0.2, 0.25) is 0 Å². The number of rotatable bonds is 6. The third-order valence-electron chi connectivity index (χ3n) is 3.21. The molecule has 0 saturated carbocycles. The lowest BCUT2D eigenvalue weighted by Crippen LogP contribution is -2.40. The highest BCUT2D eigenvalue weighted by molar-refractivity contribution is 9.10. The zero-order valence-corrected chi connectivity index (χ0v) is 13.8. The minimum atomic E-state index is -1.14. The number of hydrogen-bond donors (Lipinski definition) is 2. The molecule has 2 aromatic rings. The largest absolute Gasteiger partial charge is 0.484 e. The van der Waals surface area contributed by atoms with Gasteiger partial charge in [0.2, 0.25) is 0 Å². The van der Waals surface area contributed by atoms with Gasteiger partial charge in [0.25, 0.3) is 5.91 Å². The van der Waals surface area contributed by atoms with E-state index in [0.717, 1.165) is 10.0 Å². The first-order valence-electron chi connectivity index (χ1n) is 6.90. The lowest BCUT2D eigenvalue weighted by atomic mass is 9.96. The zero-order chi connectivity index (χ0) is 16.0. The summed E-state index contributed by atoms with van der Waals surface area (Å²) in [5.74, 6) is 0.360. The van der Waals surface area contributed by atoms with Gasteiger partial charge in [-0.05, 0) is 36.8 Å². The molecular formula is C17H18BrNO3. The Morgan fingerprint density at radius 1 is 1.18 bits per heavy atom. The Kier molecular flexibility index (Phi) is 5.57. The summed E-state index contributed by atoms with van der Waals surface area (Å²) in [5, 5.41) is 13.1. The lowest BCUT2D eigenvalue weighted by Gasteiger charge is -2.24. The van der Waals surface area contributed by atoms with Gasteiger partial charge in [-0.2, -0.15) is 0 Å². The van der Waals surface area contributed by atoms with E-state index >= 15 is 0 Å². The number of amides is 1. The molecule has 0 aliphatic carbocycles. The topological polar surface area (TPSA) is 58.6 Å². The van der Waals surface area contributed by atoms with E-state index in [1.54, 1.807) is 19.1 Å². The summed E-state index contributed by atoms with van der Waals surface area (Å²) in [5.41, 5.74) is -0.400. The second-order valence-corrected chi connectivity index (χ2v) is 6.07. The summed E-state index contributed by atoms with van der Waals surface area (Å²) < 4.78 is 6.29. The van der Waals surface area contributed by atoms with Gasteiger partial charge in [-0.1, -0.05) is 46.3 Å². The number of benzene rings is 2. The van der Waals surface area contributed by atoms with Crippen molar-refractivity contribution in [3.63, 3.8) is 0 Å². The summed E-state index contributed by atoms with van der Waals surface area (Å²) >= 11 is 3.35. The molecule has 0 aliphatic rings. The fraction of sp³-hybridized carbons (Fsp3) is 0.235. The van der Waals surface area contributed by atoms with Gasteiger partial charge in [0.1, 0.15) is 11.4 Å². The third kappa shape index (κ3) is 4.86. The summed E-state index contributed by atoms with van der Waals surface area (Å²) in [4.78, 5) is 11.8. The van der Waals surface area contributed by atoms with Crippen LogP contribution in [0.25, 0.3) is 0 Å². The molecular weight excluding hydrogens is 346 g/mol. The Morgan fingerprint density at radius 3 is 2.45 bits per heavy atom. The van der Waals surface area contributed by atoms with Crippen molar-refractivity contribution in [1.82, 2.24) is 5.32 Å². The molecule has 1 atom stereocenters. The van der Waals surface area contributed by atoms with Gasteiger partial charge in [-0.25, -0.2) is 0 Å². The molecule has 0 spiro atoms. The SMILES string of the molecule is CC(O)(CNC(=O)COc1ccccc1)c1ccc(Br)cc1. The molecule has 1 amide bonds. The number of hydrogen-bond acceptors (Lipinski definition) is 3. The molecule has 0 saturated heterocycles. The fourth-order valence-corrected chi connectivity index (χ4v) is 2.16. The molecule has 5 heteroatoms. The fourth-order valence-electron chi connectivity index (χ4n) is 1.90. The van der Waals surface area contributed by atoms with E-state index in [1.807, 2.05) is 42.5 Å². The van der Waals surface area contributed by atoms with Crippen LogP contribution in [-0.2, 0) is 10.4 Å². The summed E-state index contributed by atoms with van der Waals surface area (Å²) in [6.45, 7) is 1.70. The number of para-hydroxylation sites is 1. The Labute approximate surface area is 138 Å². The van der Waals surface area contributed by atoms with E-state index in [-0.39, 0.29) is 19.1 Å². The van der Waals surface area contributed by atoms with Crippen molar-refractivity contribution in [1.29, 1.82) is 0 Å². The maximum Gasteiger partial charge on any atom is 0.258 e. The average Bonchev–Trinajstić information content (AvgIpc) is 2.52. The van der Waals surface area contributed by atoms with E-state index in [1.165, 1.54) is 0 Å². The predicted molar refractivity (Wildman–Crippen MR) is 88.7 cm³/mol. The van der Waals surface area contributed by atoms with Crippen molar-refractivity contribution in [3.05, 3.63) is 64.6 Å². The first-order chi connectivity index (χ1) is 10.5. The smallest absolute Gasteiger partial charge is 0.258 e. The molecule has 2 N–H and O–H groups in total. The van der Waals surface area contributed by atoms with Gasteiger partial charge >= 0.3 is 0 Å². The van der Waals surface area contributed by atoms with E-state index in [2.05, 4.69) is 21.2 Å². The maximum atomic E-state index is 11.8. The van der Waals surface area contributed by atoms with E-state index in [9.17, 15) is 9.90 Å². The molecule has 2 rings (SSSR count). The first-order valence-corrected chi connectivity index (χ1v) is 7.70. The molecule has 1 unspecified atom stereocenters. The number of nitrogens with one attached hydrogen (secondary N) is 1. The van der Waals surface area contributed by atoms with Crippen LogP contribution in [0.1, 0.15) is 12.5 Å². The first kappa shape index (κ1) is 16.5. The Hall–Kier alpha value is -1.85. The molecule has 4 nitrogen and oxygen atoms in total. The van der Waals surface area contributed by atoms with Crippen LogP contribution >= 0.6 is 15.9 Å². The number of aliphatic hydroxyl groups is 1. The second-order valence-electron chi connectivity index (χ2n) is 5.16. The minimum Gasteiger partial charge on any atom is -0.484 e. The highest BCUT2D eigenvalue weighted by atomic mass is 79.9. The molecule has 116 valence electrons. The maximum absolute atomic E-state index is 11.8. The minimum absolute atomic E-state index is 0.0829. The van der Waals surface area contributed by atoms with E-state index in [4.69, 9.17) is 4.74 Å². The third-order valence-corrected chi connectivity index (χ3v) is 3.74. The second kappa shape index (κ2) is 7.42. The van der Waals surface area contributed by atoms with Crippen molar-refractivity contribution in [2.24, 2.45) is 0 Å². The van der Waals surface area contributed by atoms with Gasteiger partial charge in [0, 0.05) is 4.47 Å². The van der Waals surface area contributed by atoms with E-state index in [0.29, 0.717) is 5.75 Å². The molecule has 2 aromatic carbocycles. The number of ether oxygens (including phenoxy) is 1. The molecule has 0 heterocycles. The van der Waals surface area contributed by atoms with Crippen molar-refractivity contribution in [3.8, 4) is 5.75 Å². The van der Waals surface area contributed by atoms with Crippen molar-refractivity contribution < 1.29 is 14.6 Å². The Balaban J connectivity index is 1.83. The monoisotopic (exact) mass is 363 g/mol. The van der Waals surface area contributed by atoms with E-state index < -0.39 is 5.60 Å². The van der Waals surface area contributed by atoms with Gasteiger partial charge in [0.05, 0.1) is 6.54 Å². The Bertz CT molecular complexity index is 612. The Morgan fingerprint density at radius 2 is 1.82 bits per heavy atom. The quantitative estimate of drug-likeness (QED) is 0.829. The zero-order valence-electron chi connectivity index (χ0n) is 12.3. The van der Waals surface area contributed by atoms with Crippen molar-refractivity contribution >= 4 is 21.8 Å². The van der Waals surface area contributed by atoms with Crippen LogP contribution in [0.4, 0.5) is 0 Å². The van der Waals surface area contributed by atoms with Crippen LogP contribution in [0.3, 0.4) is 0 Å². The molecule has 0 fully saturated rings. The van der Waals surface area contributed by atoms with Crippen LogP contribution in [0.15, 0.2) is 59.1 Å². The van der Waals surface area contributed by atoms with Crippen LogP contribution in [-0.4, -0.2) is 24.2 Å². The summed E-state index contributed by atoms with van der Waals surface area (Å²) in [7, 11) is 0. The number of halogens is 1. The molecule has 0 bridgehead atoms. The standard InChI is InChI=1S/C17H18BrNO3/c1-17(21,13-7-9-14(18)10-8-13)12-19-16(20)11-22-15-5-3-2-4-6-15/h2-10,21H,11-12H2,1H3,(H,19,20).